The lowest BCUT2D eigenvalue weighted by Gasteiger charge is -2.20. The van der Waals surface area contributed by atoms with Crippen LogP contribution in [-0.2, 0) is 0 Å². The molecule has 2 aliphatic carbocycles. The standard InChI is InChI=1S/C12H19NO/c1-7-5-10-11(12(10,3)4)6-9(7)8(2)13-14/h5,9-11,14H,6H2,1-4H3/b13-8+. The van der Waals surface area contributed by atoms with Gasteiger partial charge in [0.1, 0.15) is 0 Å². The smallest absolute Gasteiger partial charge is 0.0611 e. The third-order valence-electron chi connectivity index (χ3n) is 4.28. The van der Waals surface area contributed by atoms with Crippen LogP contribution in [0, 0.1) is 23.2 Å². The highest BCUT2D eigenvalue weighted by atomic mass is 16.4. The van der Waals surface area contributed by atoms with Crippen molar-refractivity contribution >= 4 is 5.71 Å². The van der Waals surface area contributed by atoms with E-state index in [0.29, 0.717) is 11.3 Å². The summed E-state index contributed by atoms with van der Waals surface area (Å²) >= 11 is 0. The summed E-state index contributed by atoms with van der Waals surface area (Å²) in [6, 6.07) is 0. The lowest BCUT2D eigenvalue weighted by molar-refractivity contribution is 0.314. The number of hydrogen-bond donors (Lipinski definition) is 1. The Morgan fingerprint density at radius 3 is 2.79 bits per heavy atom. The Bertz CT molecular complexity index is 314. The molecule has 2 rings (SSSR count). The maximum Gasteiger partial charge on any atom is 0.0611 e. The molecule has 0 radical (unpaired) electrons. The maximum atomic E-state index is 8.80. The van der Waals surface area contributed by atoms with Crippen LogP contribution >= 0.6 is 0 Å². The molecule has 1 saturated carbocycles. The summed E-state index contributed by atoms with van der Waals surface area (Å²) in [5, 5.41) is 12.1. The second kappa shape index (κ2) is 2.85. The zero-order chi connectivity index (χ0) is 10.5. The van der Waals surface area contributed by atoms with Gasteiger partial charge in [-0.25, -0.2) is 0 Å². The van der Waals surface area contributed by atoms with E-state index < -0.39 is 0 Å². The molecule has 0 spiro atoms. The van der Waals surface area contributed by atoms with E-state index in [0.717, 1.165) is 24.0 Å². The van der Waals surface area contributed by atoms with E-state index in [-0.39, 0.29) is 0 Å². The normalized spacial score (nSPS) is 40.1. The topological polar surface area (TPSA) is 32.6 Å². The van der Waals surface area contributed by atoms with Crippen molar-refractivity contribution in [3.05, 3.63) is 11.6 Å². The molecule has 78 valence electrons. The molecule has 3 unspecified atom stereocenters. The Hall–Kier alpha value is -0.790. The van der Waals surface area contributed by atoms with Crippen LogP contribution in [0.25, 0.3) is 0 Å². The fourth-order valence-corrected chi connectivity index (χ4v) is 2.98. The molecule has 2 nitrogen and oxygen atoms in total. The van der Waals surface area contributed by atoms with Crippen molar-refractivity contribution in [2.24, 2.45) is 28.3 Å². The average Bonchev–Trinajstić information content (AvgIpc) is 2.66. The van der Waals surface area contributed by atoms with Gasteiger partial charge in [0.2, 0.25) is 0 Å². The molecular formula is C12H19NO. The number of fused-ring (bicyclic) bond motifs is 1. The Labute approximate surface area is 85.7 Å². The van der Waals surface area contributed by atoms with Gasteiger partial charge >= 0.3 is 0 Å². The minimum atomic E-state index is 0.378. The second-order valence-electron chi connectivity index (χ2n) is 5.39. The average molecular weight is 193 g/mol. The number of oxime groups is 1. The Morgan fingerprint density at radius 2 is 2.21 bits per heavy atom. The van der Waals surface area contributed by atoms with Crippen molar-refractivity contribution in [2.75, 3.05) is 0 Å². The van der Waals surface area contributed by atoms with E-state index in [4.69, 9.17) is 5.21 Å². The van der Waals surface area contributed by atoms with Crippen molar-refractivity contribution in [1.29, 1.82) is 0 Å². The van der Waals surface area contributed by atoms with Gasteiger partial charge in [-0.1, -0.05) is 30.7 Å². The summed E-state index contributed by atoms with van der Waals surface area (Å²) in [6.45, 7) is 8.74. The molecule has 14 heavy (non-hydrogen) atoms. The predicted octanol–water partition coefficient (Wildman–Crippen LogP) is 3.07. The summed E-state index contributed by atoms with van der Waals surface area (Å²) in [6.07, 6.45) is 3.55. The van der Waals surface area contributed by atoms with Crippen LogP contribution in [-0.4, -0.2) is 10.9 Å². The Balaban J connectivity index is 2.21. The molecule has 3 atom stereocenters. The summed E-state index contributed by atoms with van der Waals surface area (Å²) in [5.74, 6) is 1.95. The zero-order valence-corrected chi connectivity index (χ0v) is 9.41. The monoisotopic (exact) mass is 193 g/mol. The molecule has 0 aromatic rings. The minimum absolute atomic E-state index is 0.378. The van der Waals surface area contributed by atoms with Crippen molar-refractivity contribution in [3.63, 3.8) is 0 Å². The van der Waals surface area contributed by atoms with Crippen LogP contribution in [0.2, 0.25) is 0 Å². The molecule has 0 amide bonds. The SMILES string of the molecule is CC1=CC2C(CC1/C(C)=N/O)C2(C)C. The highest BCUT2D eigenvalue weighted by molar-refractivity contribution is 5.86. The first-order chi connectivity index (χ1) is 6.48. The number of hydrogen-bond acceptors (Lipinski definition) is 2. The van der Waals surface area contributed by atoms with Gasteiger partial charge in [0.15, 0.2) is 0 Å². The van der Waals surface area contributed by atoms with E-state index in [1.54, 1.807) is 0 Å². The van der Waals surface area contributed by atoms with Crippen LogP contribution < -0.4 is 0 Å². The second-order valence-corrected chi connectivity index (χ2v) is 5.39. The zero-order valence-electron chi connectivity index (χ0n) is 9.41. The molecule has 0 saturated heterocycles. The van der Waals surface area contributed by atoms with Crippen LogP contribution in [0.5, 0.6) is 0 Å². The molecule has 0 aliphatic heterocycles. The third kappa shape index (κ3) is 1.20. The summed E-state index contributed by atoms with van der Waals surface area (Å²) in [7, 11) is 0. The summed E-state index contributed by atoms with van der Waals surface area (Å²) in [5.41, 5.74) is 2.72. The van der Waals surface area contributed by atoms with E-state index in [1.807, 2.05) is 6.92 Å². The quantitative estimate of drug-likeness (QED) is 0.295. The van der Waals surface area contributed by atoms with Crippen molar-refractivity contribution in [3.8, 4) is 0 Å². The van der Waals surface area contributed by atoms with E-state index in [2.05, 4.69) is 32.0 Å². The van der Waals surface area contributed by atoms with Crippen molar-refractivity contribution < 1.29 is 5.21 Å². The first-order valence-corrected chi connectivity index (χ1v) is 5.35. The van der Waals surface area contributed by atoms with E-state index in [1.165, 1.54) is 5.57 Å². The van der Waals surface area contributed by atoms with Gasteiger partial charge in [-0.05, 0) is 37.5 Å². The molecule has 0 aromatic carbocycles. The first kappa shape index (κ1) is 9.75. The van der Waals surface area contributed by atoms with Crippen LogP contribution in [0.15, 0.2) is 16.8 Å². The molecule has 0 aromatic heterocycles. The lowest BCUT2D eigenvalue weighted by atomic mass is 9.85. The molecule has 1 fully saturated rings. The van der Waals surface area contributed by atoms with Crippen molar-refractivity contribution in [1.82, 2.24) is 0 Å². The fourth-order valence-electron chi connectivity index (χ4n) is 2.98. The highest BCUT2D eigenvalue weighted by Crippen LogP contribution is 2.64. The van der Waals surface area contributed by atoms with Gasteiger partial charge in [-0.3, -0.25) is 0 Å². The van der Waals surface area contributed by atoms with Gasteiger partial charge in [0.05, 0.1) is 5.71 Å². The molecular weight excluding hydrogens is 174 g/mol. The van der Waals surface area contributed by atoms with Crippen LogP contribution in [0.1, 0.15) is 34.1 Å². The predicted molar refractivity (Wildman–Crippen MR) is 57.5 cm³/mol. The number of nitrogens with zero attached hydrogens (tertiary/aromatic N) is 1. The largest absolute Gasteiger partial charge is 0.411 e. The number of rotatable bonds is 1. The third-order valence-corrected chi connectivity index (χ3v) is 4.28. The minimum Gasteiger partial charge on any atom is -0.411 e. The highest BCUT2D eigenvalue weighted by Gasteiger charge is 2.58. The van der Waals surface area contributed by atoms with Crippen LogP contribution in [0.3, 0.4) is 0 Å². The van der Waals surface area contributed by atoms with E-state index in [9.17, 15) is 0 Å². The summed E-state index contributed by atoms with van der Waals surface area (Å²) < 4.78 is 0. The Kier molecular flexibility index (Phi) is 1.98. The molecule has 0 bridgehead atoms. The summed E-state index contributed by atoms with van der Waals surface area (Å²) in [4.78, 5) is 0. The van der Waals surface area contributed by atoms with Gasteiger partial charge in [0.25, 0.3) is 0 Å². The van der Waals surface area contributed by atoms with Crippen molar-refractivity contribution in [2.45, 2.75) is 34.1 Å². The lowest BCUT2D eigenvalue weighted by Crippen LogP contribution is -2.17. The van der Waals surface area contributed by atoms with Gasteiger partial charge < -0.3 is 5.21 Å². The maximum absolute atomic E-state index is 8.80. The van der Waals surface area contributed by atoms with Gasteiger partial charge in [-0.2, -0.15) is 0 Å². The molecule has 2 heteroatoms. The molecule has 0 heterocycles. The van der Waals surface area contributed by atoms with Gasteiger partial charge in [-0.15, -0.1) is 0 Å². The molecule has 2 aliphatic rings. The Morgan fingerprint density at radius 1 is 1.57 bits per heavy atom. The molecule has 1 N–H and O–H groups in total. The van der Waals surface area contributed by atoms with E-state index >= 15 is 0 Å². The number of allylic oxidation sites excluding steroid dienone is 2. The van der Waals surface area contributed by atoms with Gasteiger partial charge in [0, 0.05) is 5.92 Å². The first-order valence-electron chi connectivity index (χ1n) is 5.35. The van der Waals surface area contributed by atoms with Crippen LogP contribution in [0.4, 0.5) is 0 Å². The fraction of sp³-hybridized carbons (Fsp3) is 0.750.